The number of benzene rings is 2. The molecule has 0 aliphatic carbocycles. The highest BCUT2D eigenvalue weighted by molar-refractivity contribution is 7.85. The zero-order valence-corrected chi connectivity index (χ0v) is 18.9. The maximum absolute atomic E-state index is 11.6. The van der Waals surface area contributed by atoms with Gasteiger partial charge in [-0.1, -0.05) is 42.5 Å². The van der Waals surface area contributed by atoms with E-state index in [1.165, 1.54) is 9.47 Å². The van der Waals surface area contributed by atoms with E-state index in [9.17, 15) is 25.9 Å². The molecule has 0 spiro atoms. The Hall–Kier alpha value is -3.31. The Labute approximate surface area is 191 Å². The second-order valence-corrected chi connectivity index (χ2v) is 10.3. The highest BCUT2D eigenvalue weighted by Gasteiger charge is 2.22. The van der Waals surface area contributed by atoms with E-state index >= 15 is 0 Å². The summed E-state index contributed by atoms with van der Waals surface area (Å²) in [5.74, 6) is -1.24. The monoisotopic (exact) mass is 485 g/mol. The van der Waals surface area contributed by atoms with Crippen LogP contribution in [0.15, 0.2) is 84.6 Å². The molecule has 0 bridgehead atoms. The Bertz CT molecular complexity index is 1520. The number of fused-ring (bicyclic) bond motifs is 2. The third-order valence-electron chi connectivity index (χ3n) is 5.06. The molecule has 8 nitrogen and oxygen atoms in total. The first kappa shape index (κ1) is 22.9. The summed E-state index contributed by atoms with van der Waals surface area (Å²) in [6, 6.07) is 18.0. The van der Waals surface area contributed by atoms with E-state index in [4.69, 9.17) is 0 Å². The summed E-state index contributed by atoms with van der Waals surface area (Å²) in [4.78, 5) is 1.47. The largest absolute Gasteiger partial charge is 0.326 e. The van der Waals surface area contributed by atoms with Crippen LogP contribution in [0.25, 0.3) is 23.1 Å². The highest BCUT2D eigenvalue weighted by Crippen LogP contribution is 2.31. The predicted molar refractivity (Wildman–Crippen MR) is 127 cm³/mol. The van der Waals surface area contributed by atoms with Crippen molar-refractivity contribution in [3.05, 3.63) is 95.8 Å². The Morgan fingerprint density at radius 2 is 1.58 bits per heavy atom. The average Bonchev–Trinajstić information content (AvgIpc) is 2.74. The molecule has 0 fully saturated rings. The first-order chi connectivity index (χ1) is 15.6. The number of hydrogen-bond donors (Lipinski definition) is 2. The van der Waals surface area contributed by atoms with Gasteiger partial charge in [-0.3, -0.25) is 9.11 Å². The van der Waals surface area contributed by atoms with Gasteiger partial charge in [-0.2, -0.15) is 21.4 Å². The van der Waals surface area contributed by atoms with Gasteiger partial charge in [0.05, 0.1) is 0 Å². The summed E-state index contributed by atoms with van der Waals surface area (Å²) in [5.41, 5.74) is 3.10. The summed E-state index contributed by atoms with van der Waals surface area (Å²) in [6.45, 7) is 0. The molecule has 1 aliphatic heterocycles. The fraction of sp³-hybridized carbons (Fsp3) is 0.0870. The average molecular weight is 486 g/mol. The molecule has 0 unspecified atom stereocenters. The number of pyridine rings is 1. The smallest absolute Gasteiger partial charge is 0.324 e. The lowest BCUT2D eigenvalue weighted by Crippen LogP contribution is -2.41. The Kier molecular flexibility index (Phi) is 6.17. The summed E-state index contributed by atoms with van der Waals surface area (Å²) in [7, 11) is -8.60. The maximum Gasteiger partial charge on any atom is 0.326 e. The molecule has 0 amide bonds. The van der Waals surface area contributed by atoms with Crippen molar-refractivity contribution in [1.82, 2.24) is 0 Å². The van der Waals surface area contributed by atoms with Crippen molar-refractivity contribution >= 4 is 49.0 Å². The van der Waals surface area contributed by atoms with Crippen LogP contribution < -0.4 is 9.47 Å². The molecular weight excluding hydrogens is 464 g/mol. The van der Waals surface area contributed by atoms with E-state index in [1.807, 2.05) is 36.4 Å². The molecule has 170 valence electrons. The van der Waals surface area contributed by atoms with Gasteiger partial charge in [-0.15, -0.1) is 0 Å². The SMILES string of the molecule is O=S(=O)(O)CN1/C(=C/C=C/c2ccc3ccccc3[n+]2CS(=O)(=O)O)C=Cc2ccccc21. The fourth-order valence-electron chi connectivity index (χ4n) is 3.71. The lowest BCUT2D eigenvalue weighted by Gasteiger charge is -2.29. The molecule has 2 N–H and O–H groups in total. The van der Waals surface area contributed by atoms with E-state index in [1.54, 1.807) is 54.6 Å². The lowest BCUT2D eigenvalue weighted by atomic mass is 10.1. The standard InChI is InChI=1S/C23H20N2O6S2/c26-32(27,28)16-24-20(14-12-18-6-1-3-10-22(18)24)8-5-9-21-15-13-19-7-2-4-11-23(19)25(21)17-33(29,30)31/h1-15H,16-17H2,(H-,26,27,28,29,30,31)/p+1. The topological polar surface area (TPSA) is 116 Å². The van der Waals surface area contributed by atoms with Crippen molar-refractivity contribution in [1.29, 1.82) is 0 Å². The molecule has 1 aliphatic rings. The number of allylic oxidation sites excluding steroid dienone is 3. The molecule has 0 atom stereocenters. The minimum Gasteiger partial charge on any atom is -0.324 e. The van der Waals surface area contributed by atoms with Crippen LogP contribution in [0.4, 0.5) is 5.69 Å². The Morgan fingerprint density at radius 3 is 2.33 bits per heavy atom. The summed E-state index contributed by atoms with van der Waals surface area (Å²) < 4.78 is 66.8. The zero-order valence-electron chi connectivity index (χ0n) is 17.3. The number of rotatable bonds is 6. The molecular formula is C23H21N2O6S2+. The first-order valence-corrected chi connectivity index (χ1v) is 13.1. The van der Waals surface area contributed by atoms with E-state index in [0.29, 0.717) is 22.6 Å². The van der Waals surface area contributed by atoms with Crippen LogP contribution in [0.2, 0.25) is 0 Å². The Balaban J connectivity index is 1.75. The number of para-hydroxylation sites is 2. The molecule has 1 aromatic heterocycles. The fourth-order valence-corrected chi connectivity index (χ4v) is 4.94. The minimum atomic E-state index is -4.30. The number of nitrogens with zero attached hydrogens (tertiary/aromatic N) is 2. The van der Waals surface area contributed by atoms with Gasteiger partial charge in [0.2, 0.25) is 11.2 Å². The van der Waals surface area contributed by atoms with Crippen molar-refractivity contribution in [2.75, 3.05) is 10.8 Å². The molecule has 3 aromatic rings. The number of anilines is 1. The highest BCUT2D eigenvalue weighted by atomic mass is 32.2. The van der Waals surface area contributed by atoms with Crippen LogP contribution in [0.3, 0.4) is 0 Å². The van der Waals surface area contributed by atoms with Crippen LogP contribution in [0.1, 0.15) is 11.3 Å². The third kappa shape index (κ3) is 5.55. The van der Waals surface area contributed by atoms with Gasteiger partial charge in [0.1, 0.15) is 0 Å². The predicted octanol–water partition coefficient (Wildman–Crippen LogP) is 3.25. The molecule has 4 rings (SSSR count). The summed E-state index contributed by atoms with van der Waals surface area (Å²) >= 11 is 0. The number of aromatic nitrogens is 1. The normalized spacial score (nSPS) is 15.5. The zero-order chi connectivity index (χ0) is 23.6. The van der Waals surface area contributed by atoms with Gasteiger partial charge in [-0.05, 0) is 35.9 Å². The van der Waals surface area contributed by atoms with Crippen LogP contribution in [0.5, 0.6) is 0 Å². The van der Waals surface area contributed by atoms with Gasteiger partial charge in [-0.25, -0.2) is 0 Å². The second-order valence-electron chi connectivity index (χ2n) is 7.44. The van der Waals surface area contributed by atoms with Gasteiger partial charge in [0.25, 0.3) is 16.0 Å². The Morgan fingerprint density at radius 1 is 0.848 bits per heavy atom. The van der Waals surface area contributed by atoms with Gasteiger partial charge in [0, 0.05) is 35.0 Å². The molecule has 2 heterocycles. The molecule has 2 aromatic carbocycles. The van der Waals surface area contributed by atoms with Gasteiger partial charge >= 0.3 is 10.1 Å². The van der Waals surface area contributed by atoms with Crippen LogP contribution in [-0.2, 0) is 26.1 Å². The molecule has 0 saturated heterocycles. The van der Waals surface area contributed by atoms with Crippen molar-refractivity contribution in [2.45, 2.75) is 5.88 Å². The van der Waals surface area contributed by atoms with E-state index in [0.717, 1.165) is 10.9 Å². The van der Waals surface area contributed by atoms with Gasteiger partial charge < -0.3 is 4.90 Å². The first-order valence-electron chi connectivity index (χ1n) is 9.86. The molecule has 0 radical (unpaired) electrons. The third-order valence-corrected chi connectivity index (χ3v) is 6.23. The summed E-state index contributed by atoms with van der Waals surface area (Å²) in [5, 5.41) is 0.808. The van der Waals surface area contributed by atoms with Crippen molar-refractivity contribution in [3.8, 4) is 0 Å². The van der Waals surface area contributed by atoms with Crippen molar-refractivity contribution < 1.29 is 30.5 Å². The molecule has 33 heavy (non-hydrogen) atoms. The van der Waals surface area contributed by atoms with E-state index in [2.05, 4.69) is 0 Å². The van der Waals surface area contributed by atoms with Crippen LogP contribution in [0, 0.1) is 0 Å². The van der Waals surface area contributed by atoms with Crippen molar-refractivity contribution in [2.24, 2.45) is 0 Å². The minimum absolute atomic E-state index is 0.518. The van der Waals surface area contributed by atoms with Gasteiger partial charge in [0.15, 0.2) is 5.88 Å². The number of hydrogen-bond acceptors (Lipinski definition) is 5. The molecule has 10 heteroatoms. The van der Waals surface area contributed by atoms with Crippen LogP contribution >= 0.6 is 0 Å². The molecule has 0 saturated carbocycles. The second kappa shape index (κ2) is 8.91. The quantitative estimate of drug-likeness (QED) is 0.407. The van der Waals surface area contributed by atoms with E-state index in [-0.39, 0.29) is 0 Å². The van der Waals surface area contributed by atoms with Crippen LogP contribution in [-0.4, -0.2) is 31.8 Å². The summed E-state index contributed by atoms with van der Waals surface area (Å²) in [6.07, 6.45) is 8.53. The van der Waals surface area contributed by atoms with E-state index < -0.39 is 32.0 Å². The maximum atomic E-state index is 11.6. The van der Waals surface area contributed by atoms with Crippen molar-refractivity contribution in [3.63, 3.8) is 0 Å². The lowest BCUT2D eigenvalue weighted by molar-refractivity contribution is -0.653.